The second kappa shape index (κ2) is 4.69. The van der Waals surface area contributed by atoms with Crippen LogP contribution in [0.1, 0.15) is 0 Å². The summed E-state index contributed by atoms with van der Waals surface area (Å²) in [6.45, 7) is 0. The van der Waals surface area contributed by atoms with Crippen molar-refractivity contribution in [3.8, 4) is 0 Å². The van der Waals surface area contributed by atoms with Crippen molar-refractivity contribution in [3.05, 3.63) is 0 Å². The number of carboxylic acid groups (broad SMARTS) is 1. The van der Waals surface area contributed by atoms with Crippen molar-refractivity contribution in [2.45, 2.75) is 0 Å². The third-order valence-corrected chi connectivity index (χ3v) is 0.943. The smallest absolute Gasteiger partial charge is 0.539 e. The third-order valence-electron chi connectivity index (χ3n) is 0.943. The Kier molecular flexibility index (Phi) is 4.20. The molecule has 0 unspecified atom stereocenters. The van der Waals surface area contributed by atoms with E-state index in [9.17, 15) is 24.3 Å². The Bertz CT molecular complexity index is 284. The predicted octanol–water partition coefficient (Wildman–Crippen LogP) is -6.63. The fourth-order valence-electron chi connectivity index (χ4n) is 0.479. The quantitative estimate of drug-likeness (QED) is 0.298. The molecule has 0 spiro atoms. The van der Waals surface area contributed by atoms with Crippen LogP contribution < -0.4 is 24.0 Å². The van der Waals surface area contributed by atoms with Crippen LogP contribution in [-0.4, -0.2) is 31.2 Å². The monoisotopic (exact) mass is 194 g/mol. The van der Waals surface area contributed by atoms with Crippen molar-refractivity contribution in [1.82, 2.24) is 0 Å². The Balaban J connectivity index is 0.00000169. The van der Waals surface area contributed by atoms with Gasteiger partial charge in [0.1, 0.15) is 0 Å². The molecule has 14 heavy (non-hydrogen) atoms. The van der Waals surface area contributed by atoms with E-state index in [0.29, 0.717) is 0 Å². The molecule has 10 heteroatoms. The third kappa shape index (κ3) is 2.79. The Hall–Kier alpha value is -1.46. The SMILES string of the molecule is O=C([O-])C(=O)OB1OC(=O)C(=O)O1.[Li+]. The van der Waals surface area contributed by atoms with Gasteiger partial charge in [0, 0.05) is 0 Å². The van der Waals surface area contributed by atoms with Crippen molar-refractivity contribution in [1.29, 1.82) is 0 Å². The van der Waals surface area contributed by atoms with Gasteiger partial charge in [0.2, 0.25) is 0 Å². The first-order chi connectivity index (χ1) is 6.00. The first kappa shape index (κ1) is 12.5. The Labute approximate surface area is 88.8 Å². The van der Waals surface area contributed by atoms with Gasteiger partial charge in [-0.15, -0.1) is 0 Å². The number of carbonyl (C=O) groups is 4. The molecule has 1 heterocycles. The molecule has 0 aliphatic carbocycles. The maximum atomic E-state index is 10.3. The van der Waals surface area contributed by atoms with E-state index in [2.05, 4.69) is 14.0 Å². The van der Waals surface area contributed by atoms with Crippen LogP contribution in [0.15, 0.2) is 0 Å². The summed E-state index contributed by atoms with van der Waals surface area (Å²) in [7, 11) is -1.94. The van der Waals surface area contributed by atoms with Crippen molar-refractivity contribution < 1.29 is 57.1 Å². The van der Waals surface area contributed by atoms with E-state index in [4.69, 9.17) is 0 Å². The molecule has 0 radical (unpaired) electrons. The van der Waals surface area contributed by atoms with Crippen LogP contribution in [0.5, 0.6) is 0 Å². The number of carboxylic acids is 1. The second-order valence-corrected chi connectivity index (χ2v) is 1.79. The van der Waals surface area contributed by atoms with Gasteiger partial charge in [0.05, 0.1) is 0 Å². The van der Waals surface area contributed by atoms with Crippen molar-refractivity contribution in [2.75, 3.05) is 0 Å². The van der Waals surface area contributed by atoms with Gasteiger partial charge in [-0.1, -0.05) is 0 Å². The Morgan fingerprint density at radius 1 is 1.21 bits per heavy atom. The molecule has 0 saturated carbocycles. The van der Waals surface area contributed by atoms with Gasteiger partial charge < -0.3 is 23.9 Å². The number of hydrogen-bond donors (Lipinski definition) is 0. The fraction of sp³-hybridized carbons (Fsp3) is 0. The van der Waals surface area contributed by atoms with E-state index in [1.807, 2.05) is 0 Å². The van der Waals surface area contributed by atoms with Crippen LogP contribution in [0.2, 0.25) is 0 Å². The van der Waals surface area contributed by atoms with Crippen molar-refractivity contribution >= 4 is 31.2 Å². The van der Waals surface area contributed by atoms with E-state index in [1.54, 1.807) is 0 Å². The summed E-state index contributed by atoms with van der Waals surface area (Å²) in [5.41, 5.74) is 0. The van der Waals surface area contributed by atoms with E-state index >= 15 is 0 Å². The van der Waals surface area contributed by atoms with Crippen LogP contribution in [0.3, 0.4) is 0 Å². The van der Waals surface area contributed by atoms with Gasteiger partial charge in [-0.3, -0.25) is 0 Å². The molecule has 68 valence electrons. The first-order valence-corrected chi connectivity index (χ1v) is 2.84. The molecule has 0 aromatic heterocycles. The second-order valence-electron chi connectivity index (χ2n) is 1.79. The van der Waals surface area contributed by atoms with Gasteiger partial charge in [-0.05, 0) is 0 Å². The first-order valence-electron chi connectivity index (χ1n) is 2.84. The average Bonchev–Trinajstić information content (AvgIpc) is 2.31. The molecule has 1 aliphatic rings. The van der Waals surface area contributed by atoms with Crippen LogP contribution in [0.4, 0.5) is 0 Å². The molecule has 1 saturated heterocycles. The molecule has 0 atom stereocenters. The van der Waals surface area contributed by atoms with E-state index in [-0.39, 0.29) is 18.9 Å². The largest absolute Gasteiger partial charge is 1.00 e. The van der Waals surface area contributed by atoms with E-state index in [1.165, 1.54) is 0 Å². The molecule has 1 fully saturated rings. The molecular formula is C4BLiO8. The van der Waals surface area contributed by atoms with Gasteiger partial charge in [0.15, 0.2) is 5.97 Å². The van der Waals surface area contributed by atoms with Gasteiger partial charge in [-0.2, -0.15) is 0 Å². The molecule has 0 aromatic carbocycles. The minimum atomic E-state index is -2.14. The van der Waals surface area contributed by atoms with Crippen LogP contribution >= 0.6 is 0 Å². The summed E-state index contributed by atoms with van der Waals surface area (Å²) in [4.78, 5) is 40.6. The maximum Gasteiger partial charge on any atom is 1.00 e. The molecule has 0 bridgehead atoms. The summed E-state index contributed by atoms with van der Waals surface area (Å²) < 4.78 is 11.7. The average molecular weight is 194 g/mol. The number of carbonyl (C=O) groups excluding carboxylic acids is 4. The Morgan fingerprint density at radius 2 is 1.64 bits per heavy atom. The number of hydrogen-bond acceptors (Lipinski definition) is 8. The molecule has 0 amide bonds. The minimum absolute atomic E-state index is 0. The maximum absolute atomic E-state index is 10.3. The van der Waals surface area contributed by atoms with Gasteiger partial charge in [0.25, 0.3) is 0 Å². The summed E-state index contributed by atoms with van der Waals surface area (Å²) in [6.07, 6.45) is 0. The van der Waals surface area contributed by atoms with Crippen LogP contribution in [0, 0.1) is 0 Å². The number of aliphatic carboxylic acids is 1. The zero-order valence-corrected chi connectivity index (χ0v) is 6.84. The molecule has 0 aromatic rings. The minimum Gasteiger partial charge on any atom is -0.539 e. The van der Waals surface area contributed by atoms with Crippen molar-refractivity contribution in [2.24, 2.45) is 0 Å². The molecular weight excluding hydrogens is 194 g/mol. The summed E-state index contributed by atoms with van der Waals surface area (Å²) in [5, 5.41) is 9.78. The van der Waals surface area contributed by atoms with Gasteiger partial charge in [-0.25, -0.2) is 14.4 Å². The molecule has 1 aliphatic heterocycles. The number of rotatable bonds is 1. The topological polar surface area (TPSA) is 119 Å². The summed E-state index contributed by atoms with van der Waals surface area (Å²) in [5.74, 6) is -6.67. The normalized spacial score (nSPS) is 13.9. The zero-order chi connectivity index (χ0) is 10.0. The van der Waals surface area contributed by atoms with Crippen molar-refractivity contribution in [3.63, 3.8) is 0 Å². The predicted molar refractivity (Wildman–Crippen MR) is 29.0 cm³/mol. The fourth-order valence-corrected chi connectivity index (χ4v) is 0.479. The standard InChI is InChI=1S/C4HBO8.Li/c6-1(7)2(8)11-5-12-3(9)4(10)13-5;/h(H,6,7);/q;+1/p-1. The van der Waals surface area contributed by atoms with Gasteiger partial charge >= 0.3 is 44.1 Å². The van der Waals surface area contributed by atoms with Crippen LogP contribution in [0.25, 0.3) is 0 Å². The Morgan fingerprint density at radius 3 is 2.00 bits per heavy atom. The molecule has 8 nitrogen and oxygen atoms in total. The van der Waals surface area contributed by atoms with Crippen LogP contribution in [-0.2, 0) is 33.1 Å². The zero-order valence-electron chi connectivity index (χ0n) is 6.84. The molecule has 1 rings (SSSR count). The van der Waals surface area contributed by atoms with E-state index in [0.717, 1.165) is 0 Å². The summed E-state index contributed by atoms with van der Waals surface area (Å²) in [6, 6.07) is 0. The molecule has 0 N–H and O–H groups in total. The van der Waals surface area contributed by atoms with E-state index < -0.39 is 31.2 Å². The summed E-state index contributed by atoms with van der Waals surface area (Å²) >= 11 is 0.